The van der Waals surface area contributed by atoms with Crippen LogP contribution < -0.4 is 10.6 Å². The molecule has 0 saturated heterocycles. The lowest BCUT2D eigenvalue weighted by Gasteiger charge is -2.20. The topological polar surface area (TPSA) is 41.1 Å². The standard InChI is InChI=1S/C28H32N2OS/c1-18-10-15-25(19(2)16-18)20(3)29-27(32)30-24-9-7-8-22(17-24)26(31)21-11-13-23(14-12-21)28(4,5)6/h7-17,20H,1-6H3,(H2,29,30,32)/t20-/m1/s1. The van der Waals surface area contributed by atoms with Crippen molar-refractivity contribution in [3.05, 3.63) is 100 Å². The van der Waals surface area contributed by atoms with Gasteiger partial charge in [-0.1, -0.05) is 80.9 Å². The van der Waals surface area contributed by atoms with Gasteiger partial charge in [0.15, 0.2) is 10.9 Å². The summed E-state index contributed by atoms with van der Waals surface area (Å²) in [5, 5.41) is 7.08. The molecule has 2 N–H and O–H groups in total. The van der Waals surface area contributed by atoms with E-state index in [0.29, 0.717) is 16.2 Å². The molecule has 0 radical (unpaired) electrons. The molecule has 0 amide bonds. The van der Waals surface area contributed by atoms with Crippen LogP contribution in [0.2, 0.25) is 0 Å². The number of hydrogen-bond acceptors (Lipinski definition) is 2. The Hall–Kier alpha value is -2.98. The van der Waals surface area contributed by atoms with Gasteiger partial charge in [-0.3, -0.25) is 4.79 Å². The van der Waals surface area contributed by atoms with Gasteiger partial charge in [0, 0.05) is 16.8 Å². The Morgan fingerprint density at radius 1 is 0.906 bits per heavy atom. The molecule has 0 fully saturated rings. The molecule has 0 aliphatic heterocycles. The van der Waals surface area contributed by atoms with Crippen LogP contribution in [0.25, 0.3) is 0 Å². The van der Waals surface area contributed by atoms with E-state index in [0.717, 1.165) is 5.69 Å². The third kappa shape index (κ3) is 5.83. The zero-order valence-corrected chi connectivity index (χ0v) is 20.6. The number of benzene rings is 3. The smallest absolute Gasteiger partial charge is 0.193 e. The molecule has 0 aromatic heterocycles. The number of aryl methyl sites for hydroxylation is 2. The normalized spacial score (nSPS) is 12.2. The Bertz CT molecular complexity index is 1130. The molecular formula is C28H32N2OS. The highest BCUT2D eigenvalue weighted by molar-refractivity contribution is 7.80. The number of thiocarbonyl (C=S) groups is 1. The van der Waals surface area contributed by atoms with Crippen molar-refractivity contribution in [2.24, 2.45) is 0 Å². The number of anilines is 1. The predicted octanol–water partition coefficient (Wildman–Crippen LogP) is 6.88. The van der Waals surface area contributed by atoms with Crippen LogP contribution in [0.4, 0.5) is 5.69 Å². The van der Waals surface area contributed by atoms with E-state index < -0.39 is 0 Å². The first kappa shape index (κ1) is 23.7. The van der Waals surface area contributed by atoms with E-state index in [4.69, 9.17) is 12.2 Å². The van der Waals surface area contributed by atoms with Crippen molar-refractivity contribution in [3.63, 3.8) is 0 Å². The summed E-state index contributed by atoms with van der Waals surface area (Å²) < 4.78 is 0. The molecular weight excluding hydrogens is 412 g/mol. The second-order valence-corrected chi connectivity index (χ2v) is 9.83. The summed E-state index contributed by atoms with van der Waals surface area (Å²) in [6.45, 7) is 12.8. The average Bonchev–Trinajstić information content (AvgIpc) is 2.72. The average molecular weight is 445 g/mol. The Morgan fingerprint density at radius 3 is 2.22 bits per heavy atom. The maximum atomic E-state index is 13.0. The fourth-order valence-corrected chi connectivity index (χ4v) is 4.07. The van der Waals surface area contributed by atoms with E-state index >= 15 is 0 Å². The van der Waals surface area contributed by atoms with Crippen LogP contribution in [0.5, 0.6) is 0 Å². The largest absolute Gasteiger partial charge is 0.356 e. The molecule has 0 bridgehead atoms. The van der Waals surface area contributed by atoms with Gasteiger partial charge in [-0.25, -0.2) is 0 Å². The van der Waals surface area contributed by atoms with Crippen LogP contribution >= 0.6 is 12.2 Å². The minimum Gasteiger partial charge on any atom is -0.356 e. The molecule has 0 aliphatic carbocycles. The SMILES string of the molecule is Cc1ccc([C@@H](C)NC(=S)Nc2cccc(C(=O)c3ccc(C(C)(C)C)cc3)c2)c(C)c1. The van der Waals surface area contributed by atoms with E-state index in [9.17, 15) is 4.79 Å². The van der Waals surface area contributed by atoms with E-state index in [1.807, 2.05) is 48.5 Å². The van der Waals surface area contributed by atoms with Crippen LogP contribution in [0.3, 0.4) is 0 Å². The third-order valence-electron chi connectivity index (χ3n) is 5.64. The van der Waals surface area contributed by atoms with Gasteiger partial charge in [0.2, 0.25) is 0 Å². The molecule has 3 aromatic rings. The van der Waals surface area contributed by atoms with Gasteiger partial charge in [0.25, 0.3) is 0 Å². The Kier molecular flexibility index (Phi) is 7.15. The van der Waals surface area contributed by atoms with Crippen LogP contribution in [0.15, 0.2) is 66.7 Å². The second-order valence-electron chi connectivity index (χ2n) is 9.42. The maximum absolute atomic E-state index is 13.0. The van der Waals surface area contributed by atoms with E-state index in [1.54, 1.807) is 0 Å². The molecule has 0 aliphatic rings. The van der Waals surface area contributed by atoms with Crippen LogP contribution in [0.1, 0.15) is 71.9 Å². The van der Waals surface area contributed by atoms with Crippen molar-refractivity contribution < 1.29 is 4.79 Å². The van der Waals surface area contributed by atoms with Gasteiger partial charge in [-0.05, 0) is 67.2 Å². The minimum atomic E-state index is -0.00312. The molecule has 3 aromatic carbocycles. The lowest BCUT2D eigenvalue weighted by atomic mass is 9.86. The minimum absolute atomic E-state index is 0.00312. The van der Waals surface area contributed by atoms with Gasteiger partial charge in [0.05, 0.1) is 6.04 Å². The quantitative estimate of drug-likeness (QED) is 0.332. The first-order chi connectivity index (χ1) is 15.0. The van der Waals surface area contributed by atoms with E-state index in [-0.39, 0.29) is 17.2 Å². The van der Waals surface area contributed by atoms with Crippen molar-refractivity contribution in [1.82, 2.24) is 5.32 Å². The number of rotatable bonds is 5. The van der Waals surface area contributed by atoms with E-state index in [1.165, 1.54) is 22.3 Å². The second kappa shape index (κ2) is 9.66. The Balaban J connectivity index is 1.69. The molecule has 0 spiro atoms. The van der Waals surface area contributed by atoms with Crippen molar-refractivity contribution in [2.75, 3.05) is 5.32 Å². The molecule has 3 rings (SSSR count). The van der Waals surface area contributed by atoms with Crippen molar-refractivity contribution >= 4 is 28.8 Å². The van der Waals surface area contributed by atoms with Crippen molar-refractivity contribution in [1.29, 1.82) is 0 Å². The van der Waals surface area contributed by atoms with Gasteiger partial charge < -0.3 is 10.6 Å². The summed E-state index contributed by atoms with van der Waals surface area (Å²) in [7, 11) is 0. The van der Waals surface area contributed by atoms with Crippen LogP contribution in [-0.4, -0.2) is 10.9 Å². The predicted molar refractivity (Wildman–Crippen MR) is 139 cm³/mol. The summed E-state index contributed by atoms with van der Waals surface area (Å²) >= 11 is 5.53. The molecule has 1 atom stereocenters. The number of nitrogens with one attached hydrogen (secondary N) is 2. The molecule has 166 valence electrons. The first-order valence-electron chi connectivity index (χ1n) is 10.9. The number of carbonyl (C=O) groups is 1. The molecule has 0 unspecified atom stereocenters. The Labute approximate surface area is 197 Å². The highest BCUT2D eigenvalue weighted by Crippen LogP contribution is 2.24. The van der Waals surface area contributed by atoms with Crippen molar-refractivity contribution in [3.8, 4) is 0 Å². The van der Waals surface area contributed by atoms with Gasteiger partial charge in [0.1, 0.15) is 0 Å². The lowest BCUT2D eigenvalue weighted by Crippen LogP contribution is -2.31. The fraction of sp³-hybridized carbons (Fsp3) is 0.286. The summed E-state index contributed by atoms with van der Waals surface area (Å²) in [5.74, 6) is -0.00312. The molecule has 32 heavy (non-hydrogen) atoms. The summed E-state index contributed by atoms with van der Waals surface area (Å²) in [5.41, 5.74) is 7.05. The highest BCUT2D eigenvalue weighted by Gasteiger charge is 2.16. The van der Waals surface area contributed by atoms with Crippen LogP contribution in [-0.2, 0) is 5.41 Å². The first-order valence-corrected chi connectivity index (χ1v) is 11.4. The monoisotopic (exact) mass is 444 g/mol. The number of carbonyl (C=O) groups excluding carboxylic acids is 1. The van der Waals surface area contributed by atoms with Gasteiger partial charge >= 0.3 is 0 Å². The highest BCUT2D eigenvalue weighted by atomic mass is 32.1. The molecule has 0 saturated carbocycles. The van der Waals surface area contributed by atoms with Crippen LogP contribution in [0, 0.1) is 13.8 Å². The van der Waals surface area contributed by atoms with E-state index in [2.05, 4.69) is 70.4 Å². The number of hydrogen-bond donors (Lipinski definition) is 2. The fourth-order valence-electron chi connectivity index (χ4n) is 3.78. The van der Waals surface area contributed by atoms with Crippen molar-refractivity contribution in [2.45, 2.75) is 53.0 Å². The maximum Gasteiger partial charge on any atom is 0.193 e. The van der Waals surface area contributed by atoms with Gasteiger partial charge in [-0.2, -0.15) is 0 Å². The molecule has 3 nitrogen and oxygen atoms in total. The summed E-state index contributed by atoms with van der Waals surface area (Å²) in [4.78, 5) is 13.0. The molecule has 0 heterocycles. The van der Waals surface area contributed by atoms with Gasteiger partial charge in [-0.15, -0.1) is 0 Å². The lowest BCUT2D eigenvalue weighted by molar-refractivity contribution is 0.103. The summed E-state index contributed by atoms with van der Waals surface area (Å²) in [6, 6.07) is 21.8. The zero-order chi connectivity index (χ0) is 23.5. The number of ketones is 1. The third-order valence-corrected chi connectivity index (χ3v) is 5.86. The molecule has 4 heteroatoms. The zero-order valence-electron chi connectivity index (χ0n) is 19.7. The Morgan fingerprint density at radius 2 is 1.59 bits per heavy atom. The summed E-state index contributed by atoms with van der Waals surface area (Å²) in [6.07, 6.45) is 0.